The number of isothiocyanates is 1. The number of ether oxygens (including phenoxy) is 3. The maximum Gasteiger partial charge on any atom is 2.00 e. The third kappa shape index (κ3) is 14.4. The Hall–Kier alpha value is -8.11. The Morgan fingerprint density at radius 2 is 1.09 bits per heavy atom. The van der Waals surface area contributed by atoms with Crippen LogP contribution in [-0.2, 0) is 33.9 Å². The number of benzene rings is 3. The summed E-state index contributed by atoms with van der Waals surface area (Å²) in [5.41, 5.74) is 14.0. The van der Waals surface area contributed by atoms with Crippen LogP contribution < -0.4 is 19.1 Å². The van der Waals surface area contributed by atoms with Crippen LogP contribution in [0.3, 0.4) is 0 Å². The molecule has 7 aromatic rings. The summed E-state index contributed by atoms with van der Waals surface area (Å²) in [5, 5.41) is 15.7. The summed E-state index contributed by atoms with van der Waals surface area (Å²) in [4.78, 5) is 50.9. The minimum absolute atomic E-state index is 0. The Morgan fingerprint density at radius 1 is 0.672 bits per heavy atom. The number of hydrogen-bond donors (Lipinski definition) is 1. The van der Waals surface area contributed by atoms with Gasteiger partial charge in [-0.2, -0.15) is 18.3 Å². The molecule has 0 unspecified atom stereocenters. The van der Waals surface area contributed by atoms with E-state index in [-0.39, 0.29) is 48.9 Å². The van der Waals surface area contributed by atoms with Crippen LogP contribution in [0.5, 0.6) is 17.2 Å². The standard InChI is InChI=1S/C29H24F3N4.C18H11N3O6.CNS.Ru/c1-19-5-11-22(12-6-19)36(23-13-7-20(2)8-14-23)24-15-9-21(10-16-24)25-4-3-17-35-28(25)26(33)18-27(34)29(30,31)32;22-9-25-12-1-3-19-15(5-12)17-7-14(27-11-24)8-18(21-17)16-6-13(26-10-23)2-4-20-16;2-1-3;/h3-18,33-34H,1-2H3;1-11H;;/q-1;;-1;+2/b26-18-,34-27?;;;. The first-order valence-corrected chi connectivity index (χ1v) is 19.5. The van der Waals surface area contributed by atoms with Crippen molar-refractivity contribution >= 4 is 65.3 Å². The van der Waals surface area contributed by atoms with Gasteiger partial charge in [-0.1, -0.05) is 65.8 Å². The molecule has 0 radical (unpaired) electrons. The Balaban J connectivity index is 0.000000282. The van der Waals surface area contributed by atoms with Crippen molar-refractivity contribution in [2.75, 3.05) is 4.90 Å². The van der Waals surface area contributed by atoms with Crippen molar-refractivity contribution < 1.29 is 61.2 Å². The molecule has 19 heteroatoms. The number of aryl methyl sites for hydroxylation is 2. The molecule has 0 atom stereocenters. The van der Waals surface area contributed by atoms with Crippen LogP contribution in [0.1, 0.15) is 16.8 Å². The second-order valence-electron chi connectivity index (χ2n) is 13.5. The molecule has 0 aliphatic carbocycles. The zero-order valence-corrected chi connectivity index (χ0v) is 37.7. The average Bonchev–Trinajstić information content (AvgIpc) is 3.31. The molecule has 0 amide bonds. The predicted octanol–water partition coefficient (Wildman–Crippen LogP) is 11.3. The molecule has 3 aromatic carbocycles. The van der Waals surface area contributed by atoms with E-state index < -0.39 is 17.6 Å². The van der Waals surface area contributed by atoms with E-state index in [0.717, 1.165) is 28.2 Å². The zero-order valence-electron chi connectivity index (χ0n) is 35.1. The number of thiocarbonyl (C=S) groups is 1. The first kappa shape index (κ1) is 51.5. The van der Waals surface area contributed by atoms with Crippen molar-refractivity contribution in [2.24, 2.45) is 0 Å². The van der Waals surface area contributed by atoms with Crippen molar-refractivity contribution in [2.45, 2.75) is 20.0 Å². The summed E-state index contributed by atoms with van der Waals surface area (Å²) >= 11 is 3.70. The minimum atomic E-state index is -4.82. The van der Waals surface area contributed by atoms with Gasteiger partial charge in [0.1, 0.15) is 23.0 Å². The zero-order chi connectivity index (χ0) is 47.6. The van der Waals surface area contributed by atoms with Gasteiger partial charge in [0.25, 0.3) is 19.4 Å². The molecule has 0 fully saturated rings. The van der Waals surface area contributed by atoms with Gasteiger partial charge in [-0.05, 0) is 80.1 Å². The number of carbonyl (C=O) groups excluding carboxylic acids is 3. The van der Waals surface area contributed by atoms with Gasteiger partial charge in [-0.25, -0.2) is 4.98 Å². The Labute approximate surface area is 400 Å². The number of hydrogen-bond acceptors (Lipinski definition) is 13. The number of alkyl halides is 3. The minimum Gasteiger partial charge on any atom is -0.753 e. The van der Waals surface area contributed by atoms with Crippen LogP contribution in [-0.4, -0.2) is 56.4 Å². The SMILES string of the molecule is Cc1ccc(N(c2ccc(C)cc2)c2ccc(-c3cccnc3/C([NH-])=C/C(=N)C(F)(F)F)cc2)cc1.O=COc1ccnc(-c2cc(OC=O)cc(-c3cc(OC=O)ccn3)n2)c1.[N-]=C=S.[Ru+2]. The largest absolute Gasteiger partial charge is 2.00 e. The van der Waals surface area contributed by atoms with Gasteiger partial charge in [0.05, 0.1) is 28.5 Å². The second kappa shape index (κ2) is 24.8. The van der Waals surface area contributed by atoms with Crippen molar-refractivity contribution in [1.82, 2.24) is 19.9 Å². The van der Waals surface area contributed by atoms with Crippen LogP contribution in [0.15, 0.2) is 146 Å². The first-order valence-electron chi connectivity index (χ1n) is 19.1. The molecule has 0 saturated heterocycles. The van der Waals surface area contributed by atoms with Gasteiger partial charge in [0.15, 0.2) is 0 Å². The molecule has 0 spiro atoms. The number of rotatable bonds is 14. The normalized spacial score (nSPS) is 10.5. The number of allylic oxidation sites excluding steroid dienone is 1. The van der Waals surface area contributed by atoms with Crippen molar-refractivity contribution in [3.63, 3.8) is 0 Å². The van der Waals surface area contributed by atoms with Crippen LogP contribution in [0.25, 0.3) is 50.7 Å². The molecule has 0 aliphatic rings. The molecular formula is C48H35F3N8O6RuS. The van der Waals surface area contributed by atoms with Gasteiger partial charge in [0, 0.05) is 65.5 Å². The molecule has 14 nitrogen and oxygen atoms in total. The topological polar surface area (TPSA) is 204 Å². The van der Waals surface area contributed by atoms with Crippen LogP contribution in [0.4, 0.5) is 30.2 Å². The summed E-state index contributed by atoms with van der Waals surface area (Å²) in [6.45, 7) is 4.94. The van der Waals surface area contributed by atoms with E-state index in [2.05, 4.69) is 61.3 Å². The molecular weight excluding hydrogens is 975 g/mol. The van der Waals surface area contributed by atoms with Crippen molar-refractivity contribution in [3.8, 4) is 51.2 Å². The van der Waals surface area contributed by atoms with E-state index in [1.54, 1.807) is 12.1 Å². The molecule has 0 aliphatic heterocycles. The smallest absolute Gasteiger partial charge is 0.753 e. The second-order valence-corrected chi connectivity index (χ2v) is 13.7. The van der Waals surface area contributed by atoms with E-state index in [1.165, 1.54) is 60.1 Å². The number of carbonyl (C=O) groups is 3. The quantitative estimate of drug-likeness (QED) is 0.0468. The van der Waals surface area contributed by atoms with Crippen LogP contribution >= 0.6 is 12.2 Å². The van der Waals surface area contributed by atoms with Gasteiger partial charge in [0.2, 0.25) is 0 Å². The first-order chi connectivity index (χ1) is 31.8. The molecule has 338 valence electrons. The monoisotopic (exact) mass is 1010 g/mol. The van der Waals surface area contributed by atoms with Gasteiger partial charge in [-0.15, -0.1) is 5.70 Å². The van der Waals surface area contributed by atoms with Gasteiger partial charge < -0.3 is 30.3 Å². The number of anilines is 3. The fourth-order valence-corrected chi connectivity index (χ4v) is 6.02. The Kier molecular flexibility index (Phi) is 19.1. The van der Waals surface area contributed by atoms with E-state index in [0.29, 0.717) is 52.9 Å². The van der Waals surface area contributed by atoms with E-state index >= 15 is 0 Å². The maximum atomic E-state index is 12.8. The van der Waals surface area contributed by atoms with E-state index in [1.807, 2.05) is 62.4 Å². The number of pyridine rings is 4. The summed E-state index contributed by atoms with van der Waals surface area (Å²) in [5.74, 6) is 0.760. The fourth-order valence-electron chi connectivity index (χ4n) is 6.02. The third-order valence-corrected chi connectivity index (χ3v) is 9.02. The Morgan fingerprint density at radius 3 is 1.52 bits per heavy atom. The summed E-state index contributed by atoms with van der Waals surface area (Å²) in [7, 11) is 0. The predicted molar refractivity (Wildman–Crippen MR) is 247 cm³/mol. The van der Waals surface area contributed by atoms with Crippen molar-refractivity contribution in [1.29, 1.82) is 5.41 Å². The van der Waals surface area contributed by atoms with Crippen molar-refractivity contribution in [3.05, 3.63) is 174 Å². The number of aromatic nitrogens is 4. The molecule has 2 N–H and O–H groups in total. The molecule has 4 aromatic heterocycles. The molecule has 4 heterocycles. The van der Waals surface area contributed by atoms with E-state index in [4.69, 9.17) is 30.8 Å². The van der Waals surface area contributed by atoms with Gasteiger partial charge in [-0.3, -0.25) is 34.7 Å². The van der Waals surface area contributed by atoms with Gasteiger partial charge >= 0.3 is 25.7 Å². The summed E-state index contributed by atoms with van der Waals surface area (Å²) in [6, 6.07) is 36.3. The summed E-state index contributed by atoms with van der Waals surface area (Å²) < 4.78 is 53.0. The average molecular weight is 1010 g/mol. The van der Waals surface area contributed by atoms with E-state index in [9.17, 15) is 27.6 Å². The maximum absolute atomic E-state index is 12.8. The third-order valence-electron chi connectivity index (χ3n) is 9.02. The molecule has 7 rings (SSSR count). The summed E-state index contributed by atoms with van der Waals surface area (Å²) in [6.07, 6.45) is -0.0303. The van der Waals surface area contributed by atoms with Crippen LogP contribution in [0, 0.1) is 19.3 Å². The Bertz CT molecular complexity index is 2760. The fraction of sp³-hybridized carbons (Fsp3) is 0.0625. The number of nitrogens with one attached hydrogen (secondary N) is 2. The number of halogens is 3. The van der Waals surface area contributed by atoms with Crippen LogP contribution in [0.2, 0.25) is 0 Å². The number of nitrogens with zero attached hydrogens (tertiary/aromatic N) is 6. The molecule has 67 heavy (non-hydrogen) atoms. The molecule has 0 bridgehead atoms. The molecule has 0 saturated carbocycles.